The summed E-state index contributed by atoms with van der Waals surface area (Å²) in [6.45, 7) is 4.35. The molecule has 2 aliphatic rings. The average molecular weight is 301 g/mol. The maximum atomic E-state index is 12.7. The van der Waals surface area contributed by atoms with Crippen molar-refractivity contribution in [3.63, 3.8) is 0 Å². The van der Waals surface area contributed by atoms with E-state index in [0.717, 1.165) is 31.5 Å². The predicted octanol–water partition coefficient (Wildman–Crippen LogP) is 2.62. The van der Waals surface area contributed by atoms with E-state index >= 15 is 0 Å². The van der Waals surface area contributed by atoms with Crippen LogP contribution in [0.25, 0.3) is 0 Å². The Hall–Kier alpha value is -2.04. The molecule has 1 aromatic carbocycles. The normalized spacial score (nSPS) is 21.9. The van der Waals surface area contributed by atoms with Crippen LogP contribution in [0.1, 0.15) is 43.0 Å². The number of urea groups is 1. The molecule has 0 bridgehead atoms. The number of hydrogen-bond donors (Lipinski definition) is 1. The Balaban J connectivity index is 1.74. The van der Waals surface area contributed by atoms with E-state index in [0.29, 0.717) is 24.7 Å². The summed E-state index contributed by atoms with van der Waals surface area (Å²) in [4.78, 5) is 28.1. The second-order valence-electron chi connectivity index (χ2n) is 5.99. The molecular formula is C17H23N3O2. The molecule has 3 rings (SSSR count). The van der Waals surface area contributed by atoms with Crippen molar-refractivity contribution in [3.8, 4) is 0 Å². The summed E-state index contributed by atoms with van der Waals surface area (Å²) in [6, 6.07) is 7.70. The van der Waals surface area contributed by atoms with Gasteiger partial charge in [0, 0.05) is 36.9 Å². The number of benzene rings is 1. The number of piperidine rings is 1. The molecule has 3 amide bonds. The highest BCUT2D eigenvalue weighted by atomic mass is 16.2. The highest BCUT2D eigenvalue weighted by Crippen LogP contribution is 2.23. The van der Waals surface area contributed by atoms with Gasteiger partial charge in [0.2, 0.25) is 0 Å². The zero-order valence-corrected chi connectivity index (χ0v) is 13.0. The molecule has 22 heavy (non-hydrogen) atoms. The van der Waals surface area contributed by atoms with Crippen LogP contribution in [-0.4, -0.2) is 42.5 Å². The molecular weight excluding hydrogens is 278 g/mol. The number of carbonyl (C=O) groups is 2. The van der Waals surface area contributed by atoms with E-state index in [1.165, 1.54) is 6.42 Å². The van der Waals surface area contributed by atoms with Crippen molar-refractivity contribution in [2.45, 2.75) is 38.6 Å². The Labute approximate surface area is 131 Å². The lowest BCUT2D eigenvalue weighted by Gasteiger charge is -2.35. The first-order chi connectivity index (χ1) is 10.7. The predicted molar refractivity (Wildman–Crippen MR) is 86.2 cm³/mol. The molecule has 2 aliphatic heterocycles. The van der Waals surface area contributed by atoms with Gasteiger partial charge in [-0.3, -0.25) is 9.69 Å². The number of carbonyl (C=O) groups excluding carboxylic acids is 2. The Kier molecular flexibility index (Phi) is 4.32. The fraction of sp³-hybridized carbons (Fsp3) is 0.529. The standard InChI is InChI=1S/C17H23N3O2/c1-2-14-5-3-4-11-19(14)16(21)13-6-8-15(9-7-13)20-12-10-18-17(20)22/h6-9,14H,2-5,10-12H2,1H3,(H,18,22). The van der Waals surface area contributed by atoms with Crippen molar-refractivity contribution in [3.05, 3.63) is 29.8 Å². The number of rotatable bonds is 3. The van der Waals surface area contributed by atoms with Crippen molar-refractivity contribution in [1.29, 1.82) is 0 Å². The summed E-state index contributed by atoms with van der Waals surface area (Å²) in [5, 5.41) is 2.78. The second kappa shape index (κ2) is 6.38. The molecule has 1 atom stereocenters. The molecule has 1 unspecified atom stereocenters. The smallest absolute Gasteiger partial charge is 0.321 e. The van der Waals surface area contributed by atoms with Gasteiger partial charge in [-0.2, -0.15) is 0 Å². The van der Waals surface area contributed by atoms with Crippen LogP contribution in [0.3, 0.4) is 0 Å². The average Bonchev–Trinajstić information content (AvgIpc) is 3.00. The summed E-state index contributed by atoms with van der Waals surface area (Å²) in [5.74, 6) is 0.115. The minimum Gasteiger partial charge on any atom is -0.336 e. The molecule has 118 valence electrons. The van der Waals surface area contributed by atoms with Crippen molar-refractivity contribution in [2.75, 3.05) is 24.5 Å². The first-order valence-corrected chi connectivity index (χ1v) is 8.17. The van der Waals surface area contributed by atoms with Gasteiger partial charge < -0.3 is 10.2 Å². The van der Waals surface area contributed by atoms with Gasteiger partial charge in [0.05, 0.1) is 0 Å². The van der Waals surface area contributed by atoms with Crippen LogP contribution < -0.4 is 10.2 Å². The molecule has 2 saturated heterocycles. The molecule has 0 aliphatic carbocycles. The molecule has 2 fully saturated rings. The van der Waals surface area contributed by atoms with Crippen LogP contribution in [0.4, 0.5) is 10.5 Å². The summed E-state index contributed by atoms with van der Waals surface area (Å²) >= 11 is 0. The monoisotopic (exact) mass is 301 g/mol. The van der Waals surface area contributed by atoms with E-state index in [2.05, 4.69) is 12.2 Å². The largest absolute Gasteiger partial charge is 0.336 e. The molecule has 5 heteroatoms. The molecule has 2 heterocycles. The Morgan fingerprint density at radius 2 is 2.00 bits per heavy atom. The van der Waals surface area contributed by atoms with Crippen LogP contribution in [0.15, 0.2) is 24.3 Å². The highest BCUT2D eigenvalue weighted by molar-refractivity contribution is 5.97. The number of anilines is 1. The lowest BCUT2D eigenvalue weighted by atomic mass is 9.99. The van der Waals surface area contributed by atoms with Gasteiger partial charge in [0.25, 0.3) is 5.91 Å². The number of hydrogen-bond acceptors (Lipinski definition) is 2. The van der Waals surface area contributed by atoms with Crippen molar-refractivity contribution >= 4 is 17.6 Å². The summed E-state index contributed by atoms with van der Waals surface area (Å²) in [7, 11) is 0. The van der Waals surface area contributed by atoms with Crippen LogP contribution in [0.2, 0.25) is 0 Å². The third-order valence-corrected chi connectivity index (χ3v) is 4.64. The van der Waals surface area contributed by atoms with Crippen molar-refractivity contribution < 1.29 is 9.59 Å². The van der Waals surface area contributed by atoms with E-state index in [1.54, 1.807) is 4.90 Å². The minimum atomic E-state index is -0.0684. The van der Waals surface area contributed by atoms with E-state index in [1.807, 2.05) is 29.2 Å². The number of nitrogens with zero attached hydrogens (tertiary/aromatic N) is 2. The first kappa shape index (κ1) is 14.9. The molecule has 1 aromatic rings. The molecule has 0 aromatic heterocycles. The van der Waals surface area contributed by atoms with Gasteiger partial charge in [0.1, 0.15) is 0 Å². The van der Waals surface area contributed by atoms with Gasteiger partial charge in [-0.05, 0) is 49.9 Å². The Morgan fingerprint density at radius 3 is 2.64 bits per heavy atom. The van der Waals surface area contributed by atoms with Crippen LogP contribution in [0, 0.1) is 0 Å². The van der Waals surface area contributed by atoms with Crippen LogP contribution in [0.5, 0.6) is 0 Å². The van der Waals surface area contributed by atoms with E-state index < -0.39 is 0 Å². The van der Waals surface area contributed by atoms with Crippen LogP contribution >= 0.6 is 0 Å². The lowest BCUT2D eigenvalue weighted by Crippen LogP contribution is -2.43. The number of likely N-dealkylation sites (tertiary alicyclic amines) is 1. The third-order valence-electron chi connectivity index (χ3n) is 4.64. The Morgan fingerprint density at radius 1 is 1.23 bits per heavy atom. The maximum absolute atomic E-state index is 12.7. The van der Waals surface area contributed by atoms with Gasteiger partial charge >= 0.3 is 6.03 Å². The first-order valence-electron chi connectivity index (χ1n) is 8.17. The van der Waals surface area contributed by atoms with Crippen molar-refractivity contribution in [1.82, 2.24) is 10.2 Å². The van der Waals surface area contributed by atoms with Gasteiger partial charge in [-0.25, -0.2) is 4.79 Å². The topological polar surface area (TPSA) is 52.7 Å². The van der Waals surface area contributed by atoms with E-state index in [9.17, 15) is 9.59 Å². The van der Waals surface area contributed by atoms with E-state index in [-0.39, 0.29) is 11.9 Å². The van der Waals surface area contributed by atoms with Gasteiger partial charge in [0.15, 0.2) is 0 Å². The second-order valence-corrected chi connectivity index (χ2v) is 5.99. The zero-order valence-electron chi connectivity index (χ0n) is 13.0. The minimum absolute atomic E-state index is 0.0684. The lowest BCUT2D eigenvalue weighted by molar-refractivity contribution is 0.0608. The fourth-order valence-corrected chi connectivity index (χ4v) is 3.36. The molecule has 0 spiro atoms. The van der Waals surface area contributed by atoms with Gasteiger partial charge in [-0.1, -0.05) is 6.92 Å². The van der Waals surface area contributed by atoms with Gasteiger partial charge in [-0.15, -0.1) is 0 Å². The summed E-state index contributed by atoms with van der Waals surface area (Å²) < 4.78 is 0. The number of nitrogens with one attached hydrogen (secondary N) is 1. The fourth-order valence-electron chi connectivity index (χ4n) is 3.36. The third kappa shape index (κ3) is 2.80. The van der Waals surface area contributed by atoms with E-state index in [4.69, 9.17) is 0 Å². The van der Waals surface area contributed by atoms with Crippen molar-refractivity contribution in [2.24, 2.45) is 0 Å². The molecule has 0 saturated carbocycles. The molecule has 1 N–H and O–H groups in total. The maximum Gasteiger partial charge on any atom is 0.321 e. The molecule has 5 nitrogen and oxygen atoms in total. The quantitative estimate of drug-likeness (QED) is 0.933. The summed E-state index contributed by atoms with van der Waals surface area (Å²) in [5.41, 5.74) is 1.56. The highest BCUT2D eigenvalue weighted by Gasteiger charge is 2.26. The summed E-state index contributed by atoms with van der Waals surface area (Å²) in [6.07, 6.45) is 4.42. The number of amides is 3. The molecule has 0 radical (unpaired) electrons. The Bertz CT molecular complexity index is 556. The van der Waals surface area contributed by atoms with Crippen LogP contribution in [-0.2, 0) is 0 Å². The zero-order chi connectivity index (χ0) is 15.5. The SMILES string of the molecule is CCC1CCCCN1C(=O)c1ccc(N2CCNC2=O)cc1.